The van der Waals surface area contributed by atoms with Gasteiger partial charge in [0.15, 0.2) is 0 Å². The number of imide groups is 1. The topological polar surface area (TPSA) is 69.7 Å². The number of nitrogens with one attached hydrogen (secondary N) is 1. The zero-order valence-electron chi connectivity index (χ0n) is 11.6. The predicted molar refractivity (Wildman–Crippen MR) is 66.8 cm³/mol. The summed E-state index contributed by atoms with van der Waals surface area (Å²) in [5, 5.41) is 2.26. The second-order valence-electron chi connectivity index (χ2n) is 5.07. The van der Waals surface area contributed by atoms with E-state index < -0.39 is 11.6 Å². The summed E-state index contributed by atoms with van der Waals surface area (Å²) in [4.78, 5) is 38.3. The Balaban J connectivity index is 2.86. The number of rotatable bonds is 4. The molecule has 1 aliphatic rings. The van der Waals surface area contributed by atoms with Crippen molar-refractivity contribution in [3.8, 4) is 0 Å². The van der Waals surface area contributed by atoms with E-state index in [1.165, 1.54) is 4.90 Å². The van der Waals surface area contributed by atoms with Crippen molar-refractivity contribution in [3.05, 3.63) is 0 Å². The lowest BCUT2D eigenvalue weighted by Gasteiger charge is -2.32. The van der Waals surface area contributed by atoms with Gasteiger partial charge in [0.2, 0.25) is 5.91 Å². The molecule has 0 aromatic carbocycles. The van der Waals surface area contributed by atoms with E-state index in [2.05, 4.69) is 5.32 Å². The molecule has 0 aromatic heterocycles. The molecule has 0 bridgehead atoms. The fraction of sp³-hybridized carbons (Fsp3) is 0.750. The van der Waals surface area contributed by atoms with Crippen molar-refractivity contribution in [2.75, 3.05) is 13.6 Å². The van der Waals surface area contributed by atoms with Crippen LogP contribution in [0.3, 0.4) is 0 Å². The van der Waals surface area contributed by atoms with Crippen molar-refractivity contribution in [2.45, 2.75) is 45.7 Å². The Morgan fingerprint density at radius 1 is 1.44 bits per heavy atom. The van der Waals surface area contributed by atoms with Crippen molar-refractivity contribution in [2.24, 2.45) is 0 Å². The number of carbonyl (C=O) groups is 3. The van der Waals surface area contributed by atoms with Crippen molar-refractivity contribution >= 4 is 17.8 Å². The third kappa shape index (κ3) is 2.32. The van der Waals surface area contributed by atoms with Gasteiger partial charge in [0, 0.05) is 13.1 Å². The number of carbonyl (C=O) groups excluding carboxylic acids is 3. The van der Waals surface area contributed by atoms with Crippen LogP contribution in [-0.2, 0) is 9.59 Å². The van der Waals surface area contributed by atoms with Crippen molar-refractivity contribution in [1.82, 2.24) is 15.1 Å². The molecule has 4 amide bonds. The fourth-order valence-electron chi connectivity index (χ4n) is 1.78. The molecule has 1 unspecified atom stereocenters. The molecule has 0 saturated carbocycles. The number of nitrogens with zero attached hydrogens (tertiary/aromatic N) is 2. The molecular formula is C12H21N3O3. The molecule has 0 radical (unpaired) electrons. The first-order valence-corrected chi connectivity index (χ1v) is 6.12. The first kappa shape index (κ1) is 14.5. The Kier molecular flexibility index (Phi) is 3.98. The van der Waals surface area contributed by atoms with E-state index in [0.717, 1.165) is 0 Å². The van der Waals surface area contributed by atoms with Gasteiger partial charge < -0.3 is 9.80 Å². The summed E-state index contributed by atoms with van der Waals surface area (Å²) in [5.74, 6) is -0.510. The second kappa shape index (κ2) is 4.96. The average molecular weight is 255 g/mol. The Morgan fingerprint density at radius 2 is 2.00 bits per heavy atom. The van der Waals surface area contributed by atoms with Crippen molar-refractivity contribution in [1.29, 1.82) is 0 Å². The molecule has 1 atom stereocenters. The van der Waals surface area contributed by atoms with Crippen LogP contribution in [0.15, 0.2) is 0 Å². The van der Waals surface area contributed by atoms with Crippen LogP contribution in [0.25, 0.3) is 0 Å². The summed E-state index contributed by atoms with van der Waals surface area (Å²) in [6.45, 7) is 7.21. The van der Waals surface area contributed by atoms with Gasteiger partial charge in [0.1, 0.15) is 12.1 Å². The van der Waals surface area contributed by atoms with Crippen molar-refractivity contribution < 1.29 is 14.4 Å². The minimum atomic E-state index is -0.926. The van der Waals surface area contributed by atoms with Gasteiger partial charge in [-0.05, 0) is 27.2 Å². The number of hydrogen-bond donors (Lipinski definition) is 1. The van der Waals surface area contributed by atoms with Gasteiger partial charge in [-0.3, -0.25) is 14.9 Å². The highest BCUT2D eigenvalue weighted by Gasteiger charge is 2.48. The van der Waals surface area contributed by atoms with Gasteiger partial charge >= 0.3 is 6.03 Å². The second-order valence-corrected chi connectivity index (χ2v) is 5.07. The van der Waals surface area contributed by atoms with Gasteiger partial charge in [-0.1, -0.05) is 6.92 Å². The minimum Gasteiger partial charge on any atom is -0.342 e. The molecule has 1 aliphatic heterocycles. The third-order valence-electron chi connectivity index (χ3n) is 3.70. The first-order valence-electron chi connectivity index (χ1n) is 6.12. The van der Waals surface area contributed by atoms with E-state index in [0.29, 0.717) is 6.42 Å². The van der Waals surface area contributed by atoms with Crippen LogP contribution in [0.5, 0.6) is 0 Å². The molecule has 102 valence electrons. The van der Waals surface area contributed by atoms with Gasteiger partial charge in [0.25, 0.3) is 5.91 Å². The van der Waals surface area contributed by atoms with E-state index in [1.54, 1.807) is 18.9 Å². The number of likely N-dealkylation sites (N-methyl/N-ethyl adjacent to an activating group) is 1. The molecular weight excluding hydrogens is 234 g/mol. The van der Waals surface area contributed by atoms with Gasteiger partial charge in [-0.25, -0.2) is 4.79 Å². The SMILES string of the molecule is CCC1(C)C(=O)NC(=O)N1CC(=O)N(C)C(C)C. The van der Waals surface area contributed by atoms with E-state index in [1.807, 2.05) is 20.8 Å². The smallest absolute Gasteiger partial charge is 0.325 e. The monoisotopic (exact) mass is 255 g/mol. The van der Waals surface area contributed by atoms with Crippen LogP contribution >= 0.6 is 0 Å². The summed E-state index contributed by atoms with van der Waals surface area (Å²) < 4.78 is 0. The van der Waals surface area contributed by atoms with Gasteiger partial charge in [-0.15, -0.1) is 0 Å². The van der Waals surface area contributed by atoms with Crippen LogP contribution in [0.1, 0.15) is 34.1 Å². The molecule has 1 saturated heterocycles. The Bertz CT molecular complexity index is 381. The van der Waals surface area contributed by atoms with E-state index in [4.69, 9.17) is 0 Å². The molecule has 0 aromatic rings. The maximum absolute atomic E-state index is 12.0. The molecule has 0 aliphatic carbocycles. The zero-order chi connectivity index (χ0) is 14.1. The summed E-state index contributed by atoms with van der Waals surface area (Å²) >= 11 is 0. The quantitative estimate of drug-likeness (QED) is 0.747. The molecule has 6 heteroatoms. The lowest BCUT2D eigenvalue weighted by atomic mass is 9.97. The summed E-state index contributed by atoms with van der Waals surface area (Å²) in [5.41, 5.74) is -0.926. The fourth-order valence-corrected chi connectivity index (χ4v) is 1.78. The normalized spacial score (nSPS) is 23.6. The van der Waals surface area contributed by atoms with Gasteiger partial charge in [0.05, 0.1) is 0 Å². The van der Waals surface area contributed by atoms with Crippen molar-refractivity contribution in [3.63, 3.8) is 0 Å². The predicted octanol–water partition coefficient (Wildman–Crippen LogP) is 0.574. The number of amides is 4. The Hall–Kier alpha value is -1.59. The Morgan fingerprint density at radius 3 is 2.44 bits per heavy atom. The maximum atomic E-state index is 12.0. The molecule has 1 rings (SSSR count). The highest BCUT2D eigenvalue weighted by Crippen LogP contribution is 2.24. The highest BCUT2D eigenvalue weighted by atomic mass is 16.2. The van der Waals surface area contributed by atoms with Crippen LogP contribution in [0.2, 0.25) is 0 Å². The minimum absolute atomic E-state index is 0.0618. The Labute approximate surface area is 107 Å². The summed E-state index contributed by atoms with van der Waals surface area (Å²) in [6, 6.07) is -0.429. The van der Waals surface area contributed by atoms with E-state index in [-0.39, 0.29) is 24.4 Å². The zero-order valence-corrected chi connectivity index (χ0v) is 11.6. The molecule has 0 spiro atoms. The molecule has 1 heterocycles. The molecule has 1 N–H and O–H groups in total. The first-order chi connectivity index (χ1) is 8.24. The van der Waals surface area contributed by atoms with Crippen LogP contribution in [0, 0.1) is 0 Å². The maximum Gasteiger partial charge on any atom is 0.325 e. The molecule has 18 heavy (non-hydrogen) atoms. The molecule has 6 nitrogen and oxygen atoms in total. The van der Waals surface area contributed by atoms with E-state index >= 15 is 0 Å². The van der Waals surface area contributed by atoms with Crippen LogP contribution < -0.4 is 5.32 Å². The lowest BCUT2D eigenvalue weighted by Crippen LogP contribution is -2.51. The summed E-state index contributed by atoms with van der Waals surface area (Å²) in [6.07, 6.45) is 0.475. The summed E-state index contributed by atoms with van der Waals surface area (Å²) in [7, 11) is 1.69. The van der Waals surface area contributed by atoms with E-state index in [9.17, 15) is 14.4 Å². The average Bonchev–Trinajstić information content (AvgIpc) is 2.52. The van der Waals surface area contributed by atoms with Crippen LogP contribution in [0.4, 0.5) is 4.79 Å². The van der Waals surface area contributed by atoms with Gasteiger partial charge in [-0.2, -0.15) is 0 Å². The lowest BCUT2D eigenvalue weighted by molar-refractivity contribution is -0.134. The third-order valence-corrected chi connectivity index (χ3v) is 3.70. The van der Waals surface area contributed by atoms with Crippen LogP contribution in [-0.4, -0.2) is 52.8 Å². The largest absolute Gasteiger partial charge is 0.342 e. The standard InChI is InChI=1S/C12H21N3O3/c1-6-12(4)10(17)13-11(18)15(12)7-9(16)14(5)8(2)3/h8H,6-7H2,1-5H3,(H,13,17,18). The molecule has 1 fully saturated rings. The highest BCUT2D eigenvalue weighted by molar-refractivity contribution is 6.07. The number of hydrogen-bond acceptors (Lipinski definition) is 3. The number of urea groups is 1.